The zero-order chi connectivity index (χ0) is 14.5. The number of thiophene rings is 1. The highest BCUT2D eigenvalue weighted by Crippen LogP contribution is 2.19. The standard InChI is InChI=1S/C17H19NO2S/c19-17(13-16-7-4-12-21-16)18-10-8-15(9-11-18)20-14-5-2-1-3-6-14/h1-7,12,15H,8-11,13H2. The zero-order valence-electron chi connectivity index (χ0n) is 11.9. The first-order chi connectivity index (χ1) is 10.3. The molecule has 2 aromatic rings. The van der Waals surface area contributed by atoms with Crippen LogP contribution < -0.4 is 4.74 Å². The molecule has 0 spiro atoms. The molecular formula is C17H19NO2S. The fourth-order valence-electron chi connectivity index (χ4n) is 2.59. The SMILES string of the molecule is O=C(Cc1cccs1)N1CCC(Oc2ccccc2)CC1. The van der Waals surface area contributed by atoms with Gasteiger partial charge >= 0.3 is 0 Å². The third-order valence-corrected chi connectivity index (χ3v) is 4.62. The van der Waals surface area contributed by atoms with E-state index in [0.29, 0.717) is 6.42 Å². The van der Waals surface area contributed by atoms with Crippen molar-refractivity contribution in [2.75, 3.05) is 13.1 Å². The van der Waals surface area contributed by atoms with Gasteiger partial charge in [-0.05, 0) is 23.6 Å². The minimum absolute atomic E-state index is 0.221. The summed E-state index contributed by atoms with van der Waals surface area (Å²) >= 11 is 1.65. The van der Waals surface area contributed by atoms with Crippen molar-refractivity contribution in [2.45, 2.75) is 25.4 Å². The third kappa shape index (κ3) is 3.85. The van der Waals surface area contributed by atoms with Crippen LogP contribution in [0.25, 0.3) is 0 Å². The lowest BCUT2D eigenvalue weighted by Gasteiger charge is -2.32. The van der Waals surface area contributed by atoms with Gasteiger partial charge < -0.3 is 9.64 Å². The minimum atomic E-state index is 0.221. The van der Waals surface area contributed by atoms with Crippen LogP contribution in [0, 0.1) is 0 Å². The van der Waals surface area contributed by atoms with Crippen LogP contribution in [0.5, 0.6) is 5.75 Å². The average molecular weight is 301 g/mol. The summed E-state index contributed by atoms with van der Waals surface area (Å²) < 4.78 is 5.95. The number of hydrogen-bond acceptors (Lipinski definition) is 3. The van der Waals surface area contributed by atoms with E-state index in [1.165, 1.54) is 0 Å². The van der Waals surface area contributed by atoms with E-state index in [0.717, 1.165) is 36.6 Å². The highest BCUT2D eigenvalue weighted by molar-refractivity contribution is 7.10. The monoisotopic (exact) mass is 301 g/mol. The van der Waals surface area contributed by atoms with Gasteiger partial charge in [0, 0.05) is 30.8 Å². The number of amides is 1. The van der Waals surface area contributed by atoms with Gasteiger partial charge in [-0.25, -0.2) is 0 Å². The molecule has 1 aromatic carbocycles. The van der Waals surface area contributed by atoms with Crippen LogP contribution in [0.2, 0.25) is 0 Å². The van der Waals surface area contributed by atoms with Gasteiger partial charge in [0.1, 0.15) is 11.9 Å². The molecule has 0 bridgehead atoms. The summed E-state index contributed by atoms with van der Waals surface area (Å²) in [6.45, 7) is 1.59. The van der Waals surface area contributed by atoms with E-state index in [1.807, 2.05) is 52.7 Å². The van der Waals surface area contributed by atoms with Gasteiger partial charge in [-0.15, -0.1) is 11.3 Å². The molecule has 2 heterocycles. The van der Waals surface area contributed by atoms with Crippen molar-refractivity contribution < 1.29 is 9.53 Å². The summed E-state index contributed by atoms with van der Waals surface area (Å²) in [7, 11) is 0. The van der Waals surface area contributed by atoms with Crippen LogP contribution >= 0.6 is 11.3 Å². The highest BCUT2D eigenvalue weighted by atomic mass is 32.1. The van der Waals surface area contributed by atoms with Gasteiger partial charge in [-0.1, -0.05) is 24.3 Å². The lowest BCUT2D eigenvalue weighted by Crippen LogP contribution is -2.42. The van der Waals surface area contributed by atoms with Crippen LogP contribution in [0.1, 0.15) is 17.7 Å². The lowest BCUT2D eigenvalue weighted by atomic mass is 10.1. The van der Waals surface area contributed by atoms with Crippen molar-refractivity contribution in [3.63, 3.8) is 0 Å². The molecule has 1 aromatic heterocycles. The first-order valence-corrected chi connectivity index (χ1v) is 8.21. The lowest BCUT2D eigenvalue weighted by molar-refractivity contribution is -0.132. The van der Waals surface area contributed by atoms with Crippen molar-refractivity contribution in [3.05, 3.63) is 52.7 Å². The zero-order valence-corrected chi connectivity index (χ0v) is 12.7. The van der Waals surface area contributed by atoms with Crippen LogP contribution in [0.4, 0.5) is 0 Å². The molecule has 3 rings (SSSR count). The van der Waals surface area contributed by atoms with Crippen molar-refractivity contribution >= 4 is 17.2 Å². The second-order valence-electron chi connectivity index (χ2n) is 5.27. The maximum Gasteiger partial charge on any atom is 0.227 e. The number of carbonyl (C=O) groups excluding carboxylic acids is 1. The molecule has 0 radical (unpaired) electrons. The quantitative estimate of drug-likeness (QED) is 0.866. The summed E-state index contributed by atoms with van der Waals surface area (Å²) in [6, 6.07) is 13.9. The summed E-state index contributed by atoms with van der Waals surface area (Å²) in [6.07, 6.45) is 2.57. The Kier molecular flexibility index (Phi) is 4.55. The largest absolute Gasteiger partial charge is 0.490 e. The summed E-state index contributed by atoms with van der Waals surface area (Å²) in [5.41, 5.74) is 0. The van der Waals surface area contributed by atoms with E-state index in [2.05, 4.69) is 0 Å². The number of para-hydroxylation sites is 1. The second-order valence-corrected chi connectivity index (χ2v) is 6.30. The summed E-state index contributed by atoms with van der Waals surface area (Å²) in [4.78, 5) is 15.3. The van der Waals surface area contributed by atoms with Crippen LogP contribution in [0.15, 0.2) is 47.8 Å². The van der Waals surface area contributed by atoms with Crippen molar-refractivity contribution in [3.8, 4) is 5.75 Å². The van der Waals surface area contributed by atoms with Gasteiger partial charge in [0.2, 0.25) is 5.91 Å². The van der Waals surface area contributed by atoms with E-state index in [1.54, 1.807) is 11.3 Å². The molecule has 0 saturated carbocycles. The Bertz CT molecular complexity index is 560. The van der Waals surface area contributed by atoms with E-state index in [4.69, 9.17) is 4.74 Å². The predicted molar refractivity (Wildman–Crippen MR) is 84.7 cm³/mol. The molecule has 21 heavy (non-hydrogen) atoms. The van der Waals surface area contributed by atoms with Crippen molar-refractivity contribution in [2.24, 2.45) is 0 Å². The van der Waals surface area contributed by atoms with Crippen LogP contribution in [-0.2, 0) is 11.2 Å². The second kappa shape index (κ2) is 6.76. The molecular weight excluding hydrogens is 282 g/mol. The Morgan fingerprint density at radius 3 is 2.57 bits per heavy atom. The molecule has 1 aliphatic rings. The van der Waals surface area contributed by atoms with E-state index < -0.39 is 0 Å². The Balaban J connectivity index is 1.47. The molecule has 4 heteroatoms. The Morgan fingerprint density at radius 2 is 1.90 bits per heavy atom. The number of ether oxygens (including phenoxy) is 1. The number of carbonyl (C=O) groups is 1. The van der Waals surface area contributed by atoms with Crippen molar-refractivity contribution in [1.29, 1.82) is 0 Å². The first-order valence-electron chi connectivity index (χ1n) is 7.33. The first kappa shape index (κ1) is 14.1. The molecule has 0 aliphatic carbocycles. The third-order valence-electron chi connectivity index (χ3n) is 3.75. The van der Waals surface area contributed by atoms with Gasteiger partial charge in [-0.3, -0.25) is 4.79 Å². The normalized spacial score (nSPS) is 15.9. The Hall–Kier alpha value is -1.81. The maximum absolute atomic E-state index is 12.2. The topological polar surface area (TPSA) is 29.5 Å². The van der Waals surface area contributed by atoms with Gasteiger partial charge in [-0.2, -0.15) is 0 Å². The highest BCUT2D eigenvalue weighted by Gasteiger charge is 2.24. The molecule has 1 fully saturated rings. The maximum atomic E-state index is 12.2. The van der Waals surface area contributed by atoms with Crippen LogP contribution in [-0.4, -0.2) is 30.0 Å². The number of nitrogens with zero attached hydrogens (tertiary/aromatic N) is 1. The Morgan fingerprint density at radius 1 is 1.14 bits per heavy atom. The average Bonchev–Trinajstić information content (AvgIpc) is 3.02. The fraction of sp³-hybridized carbons (Fsp3) is 0.353. The number of likely N-dealkylation sites (tertiary alicyclic amines) is 1. The number of piperidine rings is 1. The summed E-state index contributed by atoms with van der Waals surface area (Å²) in [5, 5.41) is 2.02. The number of hydrogen-bond donors (Lipinski definition) is 0. The number of benzene rings is 1. The van der Waals surface area contributed by atoms with Crippen molar-refractivity contribution in [1.82, 2.24) is 4.90 Å². The Labute approximate surface area is 129 Å². The number of rotatable bonds is 4. The molecule has 1 aliphatic heterocycles. The van der Waals surface area contributed by atoms with Crippen LogP contribution in [0.3, 0.4) is 0 Å². The van der Waals surface area contributed by atoms with Gasteiger partial charge in [0.15, 0.2) is 0 Å². The predicted octanol–water partition coefficient (Wildman–Crippen LogP) is 3.36. The fourth-order valence-corrected chi connectivity index (χ4v) is 3.28. The molecule has 110 valence electrons. The molecule has 0 atom stereocenters. The van der Waals surface area contributed by atoms with Gasteiger partial charge in [0.05, 0.1) is 6.42 Å². The minimum Gasteiger partial charge on any atom is -0.490 e. The summed E-state index contributed by atoms with van der Waals surface area (Å²) in [5.74, 6) is 1.15. The smallest absolute Gasteiger partial charge is 0.227 e. The molecule has 3 nitrogen and oxygen atoms in total. The van der Waals surface area contributed by atoms with E-state index >= 15 is 0 Å². The molecule has 0 unspecified atom stereocenters. The molecule has 0 N–H and O–H groups in total. The molecule has 1 amide bonds. The van der Waals surface area contributed by atoms with Gasteiger partial charge in [0.25, 0.3) is 0 Å². The van der Waals surface area contributed by atoms with E-state index in [9.17, 15) is 4.79 Å². The van der Waals surface area contributed by atoms with E-state index in [-0.39, 0.29) is 12.0 Å². The molecule has 1 saturated heterocycles.